The topological polar surface area (TPSA) is 79.2 Å². The number of amides is 1. The molecule has 0 radical (unpaired) electrons. The van der Waals surface area contributed by atoms with Crippen LogP contribution in [0, 0.1) is 16.7 Å². The van der Waals surface area contributed by atoms with Crippen molar-refractivity contribution >= 4 is 11.9 Å². The fraction of sp³-hybridized carbons (Fsp3) is 0.727. The Morgan fingerprint density at radius 3 is 2.56 bits per heavy atom. The lowest BCUT2D eigenvalue weighted by Crippen LogP contribution is -2.41. The molecule has 0 bridgehead atoms. The number of rotatable bonds is 4. The smallest absolute Gasteiger partial charge is 0.325 e. The third-order valence-corrected chi connectivity index (χ3v) is 2.80. The van der Waals surface area contributed by atoms with Gasteiger partial charge in [-0.25, -0.2) is 0 Å². The standard InChI is InChI=1S/C11H16N2O3/c1-2-16-9(14)7-13-10(15)11(8-12)5-3-4-6-11/h2-7H2,1H3,(H,13,15). The Kier molecular flexibility index (Phi) is 4.29. The van der Waals surface area contributed by atoms with E-state index >= 15 is 0 Å². The van der Waals surface area contributed by atoms with Crippen molar-refractivity contribution in [3.05, 3.63) is 0 Å². The number of nitrogens with one attached hydrogen (secondary N) is 1. The third kappa shape index (κ3) is 2.72. The number of esters is 1. The molecular weight excluding hydrogens is 208 g/mol. The average Bonchev–Trinajstić information content (AvgIpc) is 2.76. The predicted molar refractivity (Wildman–Crippen MR) is 56.2 cm³/mol. The number of carbonyl (C=O) groups excluding carboxylic acids is 2. The molecule has 0 aromatic heterocycles. The normalized spacial score (nSPS) is 17.5. The van der Waals surface area contributed by atoms with Crippen LogP contribution in [0.4, 0.5) is 0 Å². The molecule has 1 rings (SSSR count). The lowest BCUT2D eigenvalue weighted by atomic mass is 9.87. The Balaban J connectivity index is 2.46. The number of ether oxygens (including phenoxy) is 1. The Labute approximate surface area is 94.8 Å². The van der Waals surface area contributed by atoms with Gasteiger partial charge in [0.25, 0.3) is 0 Å². The molecule has 5 heteroatoms. The Morgan fingerprint density at radius 1 is 1.44 bits per heavy atom. The van der Waals surface area contributed by atoms with E-state index < -0.39 is 11.4 Å². The third-order valence-electron chi connectivity index (χ3n) is 2.80. The first-order valence-electron chi connectivity index (χ1n) is 5.50. The van der Waals surface area contributed by atoms with Crippen LogP contribution in [-0.2, 0) is 14.3 Å². The molecule has 16 heavy (non-hydrogen) atoms. The predicted octanol–water partition coefficient (Wildman–Crippen LogP) is 0.750. The molecule has 1 aliphatic carbocycles. The maximum absolute atomic E-state index is 11.8. The molecule has 0 heterocycles. The van der Waals surface area contributed by atoms with E-state index in [1.807, 2.05) is 0 Å². The van der Waals surface area contributed by atoms with E-state index in [-0.39, 0.29) is 19.1 Å². The van der Waals surface area contributed by atoms with Crippen LogP contribution in [0.15, 0.2) is 0 Å². The van der Waals surface area contributed by atoms with Gasteiger partial charge < -0.3 is 10.1 Å². The molecule has 1 amide bonds. The second-order valence-corrected chi connectivity index (χ2v) is 3.89. The van der Waals surface area contributed by atoms with E-state index in [4.69, 9.17) is 5.26 Å². The largest absolute Gasteiger partial charge is 0.465 e. The van der Waals surface area contributed by atoms with Crippen LogP contribution >= 0.6 is 0 Å². The number of carbonyl (C=O) groups is 2. The molecule has 0 atom stereocenters. The summed E-state index contributed by atoms with van der Waals surface area (Å²) in [6, 6.07) is 2.07. The molecule has 0 unspecified atom stereocenters. The minimum atomic E-state index is -0.924. The number of nitriles is 1. The van der Waals surface area contributed by atoms with Crippen molar-refractivity contribution < 1.29 is 14.3 Å². The monoisotopic (exact) mass is 224 g/mol. The molecule has 1 saturated carbocycles. The summed E-state index contributed by atoms with van der Waals surface area (Å²) in [5, 5.41) is 11.5. The molecule has 5 nitrogen and oxygen atoms in total. The maximum Gasteiger partial charge on any atom is 0.325 e. The van der Waals surface area contributed by atoms with Crippen molar-refractivity contribution in [2.24, 2.45) is 5.41 Å². The molecule has 0 saturated heterocycles. The van der Waals surface area contributed by atoms with Gasteiger partial charge >= 0.3 is 5.97 Å². The summed E-state index contributed by atoms with van der Waals surface area (Å²) in [4.78, 5) is 22.8. The zero-order valence-electron chi connectivity index (χ0n) is 9.41. The van der Waals surface area contributed by atoms with Gasteiger partial charge in [-0.3, -0.25) is 9.59 Å². The second-order valence-electron chi connectivity index (χ2n) is 3.89. The van der Waals surface area contributed by atoms with Gasteiger partial charge in [-0.15, -0.1) is 0 Å². The van der Waals surface area contributed by atoms with E-state index in [1.165, 1.54) is 0 Å². The quantitative estimate of drug-likeness (QED) is 0.714. The molecule has 1 N–H and O–H groups in total. The maximum atomic E-state index is 11.8. The molecule has 0 aliphatic heterocycles. The van der Waals surface area contributed by atoms with Crippen LogP contribution in [0.3, 0.4) is 0 Å². The minimum absolute atomic E-state index is 0.157. The van der Waals surface area contributed by atoms with Crippen LogP contribution in [0.25, 0.3) is 0 Å². The number of hydrogen-bond acceptors (Lipinski definition) is 4. The fourth-order valence-electron chi connectivity index (χ4n) is 1.90. The van der Waals surface area contributed by atoms with Crippen molar-refractivity contribution in [2.45, 2.75) is 32.6 Å². The summed E-state index contributed by atoms with van der Waals surface area (Å²) in [5.41, 5.74) is -0.924. The first-order chi connectivity index (χ1) is 7.64. The zero-order valence-corrected chi connectivity index (χ0v) is 9.41. The summed E-state index contributed by atoms with van der Waals surface area (Å²) < 4.78 is 4.68. The Hall–Kier alpha value is -1.57. The van der Waals surface area contributed by atoms with E-state index in [1.54, 1.807) is 6.92 Å². The fourth-order valence-corrected chi connectivity index (χ4v) is 1.90. The molecule has 1 aliphatic rings. The highest BCUT2D eigenvalue weighted by molar-refractivity contribution is 5.88. The van der Waals surface area contributed by atoms with Gasteiger partial charge in [-0.1, -0.05) is 12.8 Å². The first kappa shape index (κ1) is 12.5. The van der Waals surface area contributed by atoms with Gasteiger partial charge in [0.2, 0.25) is 5.91 Å². The summed E-state index contributed by atoms with van der Waals surface area (Å²) in [5.74, 6) is -0.817. The van der Waals surface area contributed by atoms with E-state index in [2.05, 4.69) is 16.1 Å². The van der Waals surface area contributed by atoms with Crippen LogP contribution in [0.1, 0.15) is 32.6 Å². The average molecular weight is 224 g/mol. The summed E-state index contributed by atoms with van der Waals surface area (Å²) >= 11 is 0. The van der Waals surface area contributed by atoms with Gasteiger partial charge in [0.15, 0.2) is 0 Å². The van der Waals surface area contributed by atoms with Gasteiger partial charge in [-0.05, 0) is 19.8 Å². The van der Waals surface area contributed by atoms with Gasteiger partial charge in [0.05, 0.1) is 12.7 Å². The van der Waals surface area contributed by atoms with Crippen molar-refractivity contribution in [3.63, 3.8) is 0 Å². The van der Waals surface area contributed by atoms with Crippen molar-refractivity contribution in [2.75, 3.05) is 13.2 Å². The van der Waals surface area contributed by atoms with Crippen LogP contribution in [0.2, 0.25) is 0 Å². The molecule has 0 spiro atoms. The van der Waals surface area contributed by atoms with Crippen molar-refractivity contribution in [1.82, 2.24) is 5.32 Å². The van der Waals surface area contributed by atoms with E-state index in [0.717, 1.165) is 12.8 Å². The summed E-state index contributed by atoms with van der Waals surface area (Å²) in [6.45, 7) is 1.83. The van der Waals surface area contributed by atoms with Crippen LogP contribution in [-0.4, -0.2) is 25.0 Å². The molecule has 88 valence electrons. The second kappa shape index (κ2) is 5.50. The van der Waals surface area contributed by atoms with Crippen molar-refractivity contribution in [3.8, 4) is 6.07 Å². The van der Waals surface area contributed by atoms with Gasteiger partial charge in [0, 0.05) is 0 Å². The molecule has 0 aromatic rings. The van der Waals surface area contributed by atoms with E-state index in [9.17, 15) is 9.59 Å². The Morgan fingerprint density at radius 2 is 2.06 bits per heavy atom. The highest BCUT2D eigenvalue weighted by Gasteiger charge is 2.41. The zero-order chi connectivity index (χ0) is 12.0. The highest BCUT2D eigenvalue weighted by Crippen LogP contribution is 2.37. The van der Waals surface area contributed by atoms with Crippen molar-refractivity contribution in [1.29, 1.82) is 5.26 Å². The van der Waals surface area contributed by atoms with E-state index in [0.29, 0.717) is 12.8 Å². The lowest BCUT2D eigenvalue weighted by Gasteiger charge is -2.18. The summed E-state index contributed by atoms with van der Waals surface area (Å²) in [6.07, 6.45) is 2.94. The highest BCUT2D eigenvalue weighted by atomic mass is 16.5. The summed E-state index contributed by atoms with van der Waals surface area (Å²) in [7, 11) is 0. The SMILES string of the molecule is CCOC(=O)CNC(=O)C1(C#N)CCCC1. The van der Waals surface area contributed by atoms with Crippen LogP contribution in [0.5, 0.6) is 0 Å². The van der Waals surface area contributed by atoms with Crippen LogP contribution < -0.4 is 5.32 Å². The number of nitrogens with zero attached hydrogens (tertiary/aromatic N) is 1. The molecule has 1 fully saturated rings. The van der Waals surface area contributed by atoms with Gasteiger partial charge in [0.1, 0.15) is 12.0 Å². The first-order valence-corrected chi connectivity index (χ1v) is 5.50. The Bertz CT molecular complexity index is 314. The molecule has 0 aromatic carbocycles. The minimum Gasteiger partial charge on any atom is -0.465 e. The molecular formula is C11H16N2O3. The number of hydrogen-bond donors (Lipinski definition) is 1. The lowest BCUT2D eigenvalue weighted by molar-refractivity contribution is -0.144. The van der Waals surface area contributed by atoms with Gasteiger partial charge in [-0.2, -0.15) is 5.26 Å².